The summed E-state index contributed by atoms with van der Waals surface area (Å²) in [6, 6.07) is 9.13. The Kier molecular flexibility index (Phi) is 5.64. The van der Waals surface area contributed by atoms with Crippen LogP contribution in [0.4, 0.5) is 5.69 Å². The van der Waals surface area contributed by atoms with Crippen molar-refractivity contribution in [3.05, 3.63) is 24.3 Å². The van der Waals surface area contributed by atoms with Crippen molar-refractivity contribution in [1.29, 1.82) is 0 Å². The first-order valence-corrected chi connectivity index (χ1v) is 9.33. The van der Waals surface area contributed by atoms with Crippen molar-refractivity contribution >= 4 is 5.69 Å². The van der Waals surface area contributed by atoms with Gasteiger partial charge in [-0.05, 0) is 62.3 Å². The lowest BCUT2D eigenvalue weighted by Gasteiger charge is -2.32. The predicted molar refractivity (Wildman–Crippen MR) is 93.6 cm³/mol. The molecule has 0 unspecified atom stereocenters. The molecule has 0 radical (unpaired) electrons. The van der Waals surface area contributed by atoms with Gasteiger partial charge in [0, 0.05) is 11.7 Å². The predicted octanol–water partition coefficient (Wildman–Crippen LogP) is 5.64. The zero-order chi connectivity index (χ0) is 15.2. The largest absolute Gasteiger partial charge is 0.494 e. The molecule has 0 amide bonds. The molecule has 2 aliphatic rings. The van der Waals surface area contributed by atoms with Crippen LogP contribution in [0.15, 0.2) is 24.3 Å². The fraction of sp³-hybridized carbons (Fsp3) is 0.700. The van der Waals surface area contributed by atoms with Gasteiger partial charge in [-0.2, -0.15) is 0 Å². The topological polar surface area (TPSA) is 21.3 Å². The van der Waals surface area contributed by atoms with Crippen molar-refractivity contribution in [3.63, 3.8) is 0 Å². The van der Waals surface area contributed by atoms with E-state index in [1.54, 1.807) is 0 Å². The number of benzene rings is 1. The zero-order valence-corrected chi connectivity index (χ0v) is 14.0. The molecule has 0 bridgehead atoms. The summed E-state index contributed by atoms with van der Waals surface area (Å²) in [4.78, 5) is 0. The lowest BCUT2D eigenvalue weighted by atomic mass is 9.80. The highest BCUT2D eigenvalue weighted by molar-refractivity contribution is 5.47. The number of rotatable bonds is 6. The van der Waals surface area contributed by atoms with Crippen LogP contribution in [-0.2, 0) is 0 Å². The first-order valence-electron chi connectivity index (χ1n) is 9.33. The van der Waals surface area contributed by atoms with Crippen LogP contribution in [0.3, 0.4) is 0 Å². The molecule has 2 atom stereocenters. The molecule has 2 fully saturated rings. The summed E-state index contributed by atoms with van der Waals surface area (Å²) in [5, 5.41) is 3.75. The quantitative estimate of drug-likeness (QED) is 0.734. The Morgan fingerprint density at radius 2 is 1.68 bits per heavy atom. The van der Waals surface area contributed by atoms with Gasteiger partial charge in [-0.3, -0.25) is 0 Å². The molecule has 2 saturated carbocycles. The number of hydrogen-bond acceptors (Lipinski definition) is 2. The van der Waals surface area contributed by atoms with Crippen molar-refractivity contribution < 1.29 is 4.74 Å². The van der Waals surface area contributed by atoms with Gasteiger partial charge in [0.1, 0.15) is 5.75 Å². The first-order chi connectivity index (χ1) is 10.8. The highest BCUT2D eigenvalue weighted by Crippen LogP contribution is 2.36. The molecule has 0 saturated heterocycles. The summed E-state index contributed by atoms with van der Waals surface area (Å²) < 4.78 is 5.51. The van der Waals surface area contributed by atoms with Gasteiger partial charge in [0.05, 0.1) is 6.61 Å². The molecule has 2 nitrogen and oxygen atoms in total. The van der Waals surface area contributed by atoms with Crippen LogP contribution in [0.2, 0.25) is 0 Å². The molecule has 2 aliphatic carbocycles. The minimum atomic E-state index is 0.665. The lowest BCUT2D eigenvalue weighted by molar-refractivity contribution is 0.275. The fourth-order valence-corrected chi connectivity index (χ4v) is 4.40. The molecule has 0 heterocycles. The summed E-state index contributed by atoms with van der Waals surface area (Å²) in [7, 11) is 0. The Balaban J connectivity index is 1.48. The minimum Gasteiger partial charge on any atom is -0.494 e. The van der Waals surface area contributed by atoms with E-state index in [-0.39, 0.29) is 0 Å². The normalized spacial score (nSPS) is 26.0. The zero-order valence-electron chi connectivity index (χ0n) is 14.0. The summed E-state index contributed by atoms with van der Waals surface area (Å²) in [5.41, 5.74) is 1.25. The van der Waals surface area contributed by atoms with E-state index in [9.17, 15) is 0 Å². The van der Waals surface area contributed by atoms with Gasteiger partial charge in [-0.25, -0.2) is 0 Å². The molecule has 3 rings (SSSR count). The van der Waals surface area contributed by atoms with Gasteiger partial charge in [0.25, 0.3) is 0 Å². The maximum atomic E-state index is 5.51. The first kappa shape index (κ1) is 15.7. The SMILES string of the molecule is CCOc1ccc(N[C@@H]2CCC[C@H](CC3CCCC3)C2)cc1. The van der Waals surface area contributed by atoms with Gasteiger partial charge >= 0.3 is 0 Å². The molecular formula is C20H31NO. The standard InChI is InChI=1S/C20H31NO/c1-2-22-20-12-10-18(11-13-20)21-19-9-5-8-17(15-19)14-16-6-3-4-7-16/h10-13,16-17,19,21H,2-9,14-15H2,1H3/t17-,19-/m1/s1. The molecule has 122 valence electrons. The second kappa shape index (κ2) is 7.89. The molecule has 0 aromatic heterocycles. The molecule has 1 aromatic rings. The molecular weight excluding hydrogens is 270 g/mol. The van der Waals surface area contributed by atoms with E-state index in [2.05, 4.69) is 29.6 Å². The minimum absolute atomic E-state index is 0.665. The fourth-order valence-electron chi connectivity index (χ4n) is 4.40. The summed E-state index contributed by atoms with van der Waals surface area (Å²) in [6.45, 7) is 2.76. The van der Waals surface area contributed by atoms with Crippen molar-refractivity contribution in [2.75, 3.05) is 11.9 Å². The van der Waals surface area contributed by atoms with Crippen LogP contribution in [0.25, 0.3) is 0 Å². The molecule has 0 spiro atoms. The lowest BCUT2D eigenvalue weighted by Crippen LogP contribution is -2.28. The van der Waals surface area contributed by atoms with E-state index in [1.165, 1.54) is 63.5 Å². The maximum Gasteiger partial charge on any atom is 0.119 e. The average Bonchev–Trinajstić information content (AvgIpc) is 3.03. The van der Waals surface area contributed by atoms with Crippen LogP contribution in [0.1, 0.15) is 64.7 Å². The number of anilines is 1. The second-order valence-electron chi connectivity index (χ2n) is 7.22. The Hall–Kier alpha value is -1.18. The average molecular weight is 301 g/mol. The van der Waals surface area contributed by atoms with Crippen LogP contribution >= 0.6 is 0 Å². The van der Waals surface area contributed by atoms with Crippen LogP contribution < -0.4 is 10.1 Å². The summed E-state index contributed by atoms with van der Waals surface area (Å²) in [5.74, 6) is 2.96. The van der Waals surface area contributed by atoms with E-state index in [0.29, 0.717) is 6.04 Å². The van der Waals surface area contributed by atoms with E-state index < -0.39 is 0 Å². The third-order valence-electron chi connectivity index (χ3n) is 5.46. The smallest absolute Gasteiger partial charge is 0.119 e. The van der Waals surface area contributed by atoms with E-state index in [1.807, 2.05) is 6.92 Å². The molecule has 1 N–H and O–H groups in total. The Labute approximate surface area is 135 Å². The van der Waals surface area contributed by atoms with Crippen LogP contribution in [0, 0.1) is 11.8 Å². The van der Waals surface area contributed by atoms with Gasteiger partial charge in [-0.15, -0.1) is 0 Å². The third kappa shape index (κ3) is 4.41. The highest BCUT2D eigenvalue weighted by atomic mass is 16.5. The highest BCUT2D eigenvalue weighted by Gasteiger charge is 2.25. The molecule has 22 heavy (non-hydrogen) atoms. The maximum absolute atomic E-state index is 5.51. The summed E-state index contributed by atoms with van der Waals surface area (Å²) >= 11 is 0. The second-order valence-corrected chi connectivity index (χ2v) is 7.22. The molecule has 1 aromatic carbocycles. The molecule has 0 aliphatic heterocycles. The molecule has 2 heteroatoms. The van der Waals surface area contributed by atoms with Gasteiger partial charge in [0.15, 0.2) is 0 Å². The Bertz CT molecular complexity index is 436. The summed E-state index contributed by atoms with van der Waals surface area (Å²) in [6.07, 6.45) is 13.0. The van der Waals surface area contributed by atoms with E-state index in [4.69, 9.17) is 4.74 Å². The van der Waals surface area contributed by atoms with Crippen molar-refractivity contribution in [3.8, 4) is 5.75 Å². The van der Waals surface area contributed by atoms with E-state index in [0.717, 1.165) is 24.2 Å². The van der Waals surface area contributed by atoms with Crippen LogP contribution in [0.5, 0.6) is 5.75 Å². The monoisotopic (exact) mass is 301 g/mol. The van der Waals surface area contributed by atoms with Gasteiger partial charge in [0.2, 0.25) is 0 Å². The van der Waals surface area contributed by atoms with Gasteiger partial charge < -0.3 is 10.1 Å². The number of nitrogens with one attached hydrogen (secondary N) is 1. The van der Waals surface area contributed by atoms with Crippen molar-refractivity contribution in [2.45, 2.75) is 70.8 Å². The number of hydrogen-bond donors (Lipinski definition) is 1. The van der Waals surface area contributed by atoms with E-state index >= 15 is 0 Å². The van der Waals surface area contributed by atoms with Crippen molar-refractivity contribution in [2.24, 2.45) is 11.8 Å². The number of ether oxygens (including phenoxy) is 1. The van der Waals surface area contributed by atoms with Gasteiger partial charge in [-0.1, -0.05) is 38.5 Å². The van der Waals surface area contributed by atoms with Crippen LogP contribution in [-0.4, -0.2) is 12.6 Å². The Morgan fingerprint density at radius 3 is 2.41 bits per heavy atom. The Morgan fingerprint density at radius 1 is 0.955 bits per heavy atom. The third-order valence-corrected chi connectivity index (χ3v) is 5.46. The van der Waals surface area contributed by atoms with Crippen molar-refractivity contribution in [1.82, 2.24) is 0 Å².